The van der Waals surface area contributed by atoms with Crippen molar-refractivity contribution in [2.45, 2.75) is 38.0 Å². The van der Waals surface area contributed by atoms with E-state index in [1.165, 1.54) is 0 Å². The average molecular weight is 431 g/mol. The molecule has 0 aliphatic carbocycles. The summed E-state index contributed by atoms with van der Waals surface area (Å²) >= 11 is 0.802. The monoisotopic (exact) mass is 430 g/mol. The zero-order chi connectivity index (χ0) is 21.2. The predicted molar refractivity (Wildman–Crippen MR) is 115 cm³/mol. The Hall–Kier alpha value is -2.78. The van der Waals surface area contributed by atoms with E-state index in [1.54, 1.807) is 18.2 Å². The molecule has 1 amide bonds. The van der Waals surface area contributed by atoms with Crippen LogP contribution in [0.15, 0.2) is 46.8 Å². The third-order valence-corrected chi connectivity index (χ3v) is 6.86. The molecular formula is C20H22N4O3S2. The van der Waals surface area contributed by atoms with Crippen LogP contribution in [0, 0.1) is 13.8 Å². The van der Waals surface area contributed by atoms with E-state index in [9.17, 15) is 13.2 Å². The lowest BCUT2D eigenvalue weighted by atomic mass is 9.99. The quantitative estimate of drug-likeness (QED) is 0.567. The molecule has 0 unspecified atom stereocenters. The number of hydrogen-bond acceptors (Lipinski definition) is 6. The highest BCUT2D eigenvalue weighted by Gasteiger charge is 2.23. The Bertz CT molecular complexity index is 1150. The number of nitrogens with zero attached hydrogens (tertiary/aromatic N) is 2. The van der Waals surface area contributed by atoms with Crippen LogP contribution in [0.2, 0.25) is 0 Å². The SMILES string of the molecule is Cc1cccc(C(=O)Nc2nnc(S(=O)(=O)Nc3c(C)cccc3C(C)C)s2)c1. The molecule has 0 aliphatic rings. The summed E-state index contributed by atoms with van der Waals surface area (Å²) in [4.78, 5) is 12.3. The van der Waals surface area contributed by atoms with Crippen molar-refractivity contribution in [1.29, 1.82) is 0 Å². The molecule has 0 radical (unpaired) electrons. The smallest absolute Gasteiger partial charge is 0.291 e. The fraction of sp³-hybridized carbons (Fsp3) is 0.250. The normalized spacial score (nSPS) is 11.5. The lowest BCUT2D eigenvalue weighted by Gasteiger charge is -2.16. The van der Waals surface area contributed by atoms with Crippen molar-refractivity contribution in [3.8, 4) is 0 Å². The summed E-state index contributed by atoms with van der Waals surface area (Å²) in [5, 5.41) is 10.3. The third-order valence-electron chi connectivity index (χ3n) is 4.30. The van der Waals surface area contributed by atoms with E-state index < -0.39 is 10.0 Å². The molecule has 3 aromatic rings. The Balaban J connectivity index is 1.82. The number of aryl methyl sites for hydroxylation is 2. The van der Waals surface area contributed by atoms with Gasteiger partial charge in [0.15, 0.2) is 0 Å². The van der Waals surface area contributed by atoms with Gasteiger partial charge in [-0.2, -0.15) is 8.42 Å². The Labute approximate surface area is 174 Å². The van der Waals surface area contributed by atoms with Gasteiger partial charge >= 0.3 is 0 Å². The zero-order valence-corrected chi connectivity index (χ0v) is 18.2. The van der Waals surface area contributed by atoms with Crippen molar-refractivity contribution in [3.63, 3.8) is 0 Å². The van der Waals surface area contributed by atoms with E-state index >= 15 is 0 Å². The highest BCUT2D eigenvalue weighted by Crippen LogP contribution is 2.30. The van der Waals surface area contributed by atoms with Crippen LogP contribution >= 0.6 is 11.3 Å². The molecule has 29 heavy (non-hydrogen) atoms. The number of carbonyl (C=O) groups is 1. The number of carbonyl (C=O) groups excluding carboxylic acids is 1. The molecule has 2 aromatic carbocycles. The summed E-state index contributed by atoms with van der Waals surface area (Å²) in [6.45, 7) is 7.72. The van der Waals surface area contributed by atoms with Crippen molar-refractivity contribution in [1.82, 2.24) is 10.2 Å². The summed E-state index contributed by atoms with van der Waals surface area (Å²) in [6.07, 6.45) is 0. The lowest BCUT2D eigenvalue weighted by molar-refractivity contribution is 0.102. The minimum atomic E-state index is -3.93. The first kappa shape index (κ1) is 20.9. The Morgan fingerprint density at radius 1 is 1.07 bits per heavy atom. The van der Waals surface area contributed by atoms with Crippen LogP contribution < -0.4 is 10.0 Å². The van der Waals surface area contributed by atoms with Gasteiger partial charge in [0.2, 0.25) is 5.13 Å². The number of amides is 1. The minimum absolute atomic E-state index is 0.116. The Morgan fingerprint density at radius 2 is 1.79 bits per heavy atom. The molecule has 0 spiro atoms. The largest absolute Gasteiger partial charge is 0.296 e. The predicted octanol–water partition coefficient (Wildman–Crippen LogP) is 4.33. The van der Waals surface area contributed by atoms with Crippen molar-refractivity contribution in [3.05, 3.63) is 64.7 Å². The van der Waals surface area contributed by atoms with E-state index in [-0.39, 0.29) is 21.3 Å². The molecule has 0 saturated carbocycles. The zero-order valence-electron chi connectivity index (χ0n) is 16.6. The van der Waals surface area contributed by atoms with Gasteiger partial charge in [0.05, 0.1) is 5.69 Å². The fourth-order valence-corrected chi connectivity index (χ4v) is 4.87. The second-order valence-electron chi connectivity index (χ2n) is 7.00. The maximum Gasteiger partial charge on any atom is 0.291 e. The van der Waals surface area contributed by atoms with Crippen LogP contribution in [0.4, 0.5) is 10.8 Å². The van der Waals surface area contributed by atoms with E-state index in [1.807, 2.05) is 52.0 Å². The van der Waals surface area contributed by atoms with Crippen LogP contribution in [-0.4, -0.2) is 24.5 Å². The molecule has 152 valence electrons. The number of nitrogens with one attached hydrogen (secondary N) is 2. The molecule has 7 nitrogen and oxygen atoms in total. The van der Waals surface area contributed by atoms with Gasteiger partial charge in [-0.15, -0.1) is 10.2 Å². The maximum absolute atomic E-state index is 12.8. The average Bonchev–Trinajstić information content (AvgIpc) is 3.12. The van der Waals surface area contributed by atoms with Gasteiger partial charge in [-0.1, -0.05) is 61.1 Å². The van der Waals surface area contributed by atoms with Crippen molar-refractivity contribution in [2.24, 2.45) is 0 Å². The number of aromatic nitrogens is 2. The summed E-state index contributed by atoms with van der Waals surface area (Å²) in [5.41, 5.74) is 3.66. The van der Waals surface area contributed by atoms with Gasteiger partial charge in [0, 0.05) is 5.56 Å². The highest BCUT2D eigenvalue weighted by molar-refractivity contribution is 7.94. The number of sulfonamides is 1. The summed E-state index contributed by atoms with van der Waals surface area (Å²) < 4.78 is 28.1. The fourth-order valence-electron chi connectivity index (χ4n) is 2.81. The third kappa shape index (κ3) is 4.80. The van der Waals surface area contributed by atoms with Crippen LogP contribution in [0.5, 0.6) is 0 Å². The van der Waals surface area contributed by atoms with E-state index in [2.05, 4.69) is 20.2 Å². The van der Waals surface area contributed by atoms with Crippen molar-refractivity contribution < 1.29 is 13.2 Å². The first-order chi connectivity index (χ1) is 13.7. The second kappa shape index (κ2) is 8.30. The topological polar surface area (TPSA) is 101 Å². The Kier molecular flexibility index (Phi) is 5.99. The van der Waals surface area contributed by atoms with E-state index in [4.69, 9.17) is 0 Å². The molecule has 2 N–H and O–H groups in total. The molecular weight excluding hydrogens is 408 g/mol. The number of benzene rings is 2. The molecule has 0 atom stereocenters. The molecule has 0 fully saturated rings. The summed E-state index contributed by atoms with van der Waals surface area (Å²) in [6, 6.07) is 12.7. The van der Waals surface area contributed by atoms with Crippen LogP contribution in [0.1, 0.15) is 46.8 Å². The van der Waals surface area contributed by atoms with Crippen molar-refractivity contribution >= 4 is 38.1 Å². The number of hydrogen-bond donors (Lipinski definition) is 2. The second-order valence-corrected chi connectivity index (χ2v) is 9.83. The number of para-hydroxylation sites is 1. The first-order valence-corrected chi connectivity index (χ1v) is 11.3. The highest BCUT2D eigenvalue weighted by atomic mass is 32.2. The standard InChI is InChI=1S/C20H22N4O3S2/c1-12(2)16-10-6-8-14(4)17(16)24-29(26,27)20-23-22-19(28-20)21-18(25)15-9-5-7-13(3)11-15/h5-12,24H,1-4H3,(H,21,22,25). The number of rotatable bonds is 6. The molecule has 3 rings (SSSR count). The van der Waals surface area contributed by atoms with Gasteiger partial charge in [0.25, 0.3) is 20.3 Å². The first-order valence-electron chi connectivity index (χ1n) is 9.01. The van der Waals surface area contributed by atoms with Crippen LogP contribution in [0.3, 0.4) is 0 Å². The number of anilines is 2. The molecule has 9 heteroatoms. The molecule has 1 heterocycles. The van der Waals surface area contributed by atoms with Crippen LogP contribution in [-0.2, 0) is 10.0 Å². The Morgan fingerprint density at radius 3 is 2.48 bits per heavy atom. The van der Waals surface area contributed by atoms with Gasteiger partial charge < -0.3 is 0 Å². The lowest BCUT2D eigenvalue weighted by Crippen LogP contribution is -2.15. The van der Waals surface area contributed by atoms with Crippen molar-refractivity contribution in [2.75, 3.05) is 10.0 Å². The molecule has 0 bridgehead atoms. The van der Waals surface area contributed by atoms with Gasteiger partial charge in [0.1, 0.15) is 0 Å². The van der Waals surface area contributed by atoms with Gasteiger partial charge in [-0.25, -0.2) is 0 Å². The molecule has 1 aromatic heterocycles. The van der Waals surface area contributed by atoms with E-state index in [0.29, 0.717) is 11.3 Å². The van der Waals surface area contributed by atoms with Crippen LogP contribution in [0.25, 0.3) is 0 Å². The van der Waals surface area contributed by atoms with Gasteiger partial charge in [-0.3, -0.25) is 14.8 Å². The van der Waals surface area contributed by atoms with E-state index in [0.717, 1.165) is 28.0 Å². The summed E-state index contributed by atoms with van der Waals surface area (Å²) in [5.74, 6) is -0.228. The maximum atomic E-state index is 12.8. The molecule has 0 saturated heterocycles. The summed E-state index contributed by atoms with van der Waals surface area (Å²) in [7, 11) is -3.93. The van der Waals surface area contributed by atoms with Gasteiger partial charge in [-0.05, 0) is 43.0 Å². The molecule has 0 aliphatic heterocycles. The minimum Gasteiger partial charge on any atom is -0.296 e.